The minimum Gasteiger partial charge on any atom is -0.455 e. The van der Waals surface area contributed by atoms with E-state index in [0.29, 0.717) is 16.7 Å². The molecule has 0 aliphatic rings. The summed E-state index contributed by atoms with van der Waals surface area (Å²) < 4.78 is 7.93. The molecule has 0 spiro atoms. The maximum Gasteiger partial charge on any atom is 0.266 e. The third-order valence-electron chi connectivity index (χ3n) is 6.65. The van der Waals surface area contributed by atoms with Gasteiger partial charge in [0.25, 0.3) is 5.56 Å². The third-order valence-corrected chi connectivity index (χ3v) is 6.65. The number of hydrogen-bond donors (Lipinski definition) is 1. The van der Waals surface area contributed by atoms with E-state index < -0.39 is 0 Å². The molecule has 7 aromatic rings. The van der Waals surface area contributed by atoms with Gasteiger partial charge in [-0.2, -0.15) is 12.6 Å². The molecule has 7 rings (SSSR count). The molecule has 0 amide bonds. The Morgan fingerprint density at radius 2 is 1.33 bits per heavy atom. The van der Waals surface area contributed by atoms with E-state index in [2.05, 4.69) is 36.9 Å². The van der Waals surface area contributed by atoms with Crippen molar-refractivity contribution in [2.24, 2.45) is 0 Å². The molecule has 0 radical (unpaired) electrons. The fourth-order valence-corrected chi connectivity index (χ4v) is 4.92. The molecule has 0 fully saturated rings. The Kier molecular flexibility index (Phi) is 6.74. The maximum absolute atomic E-state index is 13.7. The summed E-state index contributed by atoms with van der Waals surface area (Å²) in [4.78, 5) is 18.5. The predicted molar refractivity (Wildman–Crippen MR) is 165 cm³/mol. The Morgan fingerprint density at radius 1 is 0.692 bits per heavy atom. The van der Waals surface area contributed by atoms with Gasteiger partial charge >= 0.3 is 0 Å². The van der Waals surface area contributed by atoms with Crippen LogP contribution in [0.5, 0.6) is 0 Å². The Bertz CT molecular complexity index is 1970. The number of para-hydroxylation sites is 3. The van der Waals surface area contributed by atoms with Crippen LogP contribution in [0.3, 0.4) is 0 Å². The van der Waals surface area contributed by atoms with Crippen LogP contribution in [-0.4, -0.2) is 15.3 Å². The Morgan fingerprint density at radius 3 is 2.10 bits per heavy atom. The smallest absolute Gasteiger partial charge is 0.266 e. The van der Waals surface area contributed by atoms with Crippen molar-refractivity contribution in [3.63, 3.8) is 0 Å². The highest BCUT2D eigenvalue weighted by Crippen LogP contribution is 2.36. The third kappa shape index (κ3) is 4.51. The maximum atomic E-state index is 13.7. The van der Waals surface area contributed by atoms with Crippen molar-refractivity contribution in [1.29, 1.82) is 0 Å². The molecule has 4 nitrogen and oxygen atoms in total. The quantitative estimate of drug-likeness (QED) is 0.235. The van der Waals surface area contributed by atoms with Gasteiger partial charge in [-0.15, -0.1) is 0 Å². The van der Waals surface area contributed by atoms with Crippen molar-refractivity contribution in [2.45, 2.75) is 6.92 Å². The highest BCUT2D eigenvalue weighted by molar-refractivity contribution is 7.80. The number of fused-ring (bicyclic) bond motifs is 4. The first kappa shape index (κ1) is 24.7. The van der Waals surface area contributed by atoms with Crippen LogP contribution in [0.1, 0.15) is 6.92 Å². The standard InChI is InChI=1S/C32H20N2O2.C2H6S/c35-32-27-12-4-6-15-28(27)33-31(22-9-2-1-3-10-22)34(32)23-19-17-21(18-20-23)24-13-8-14-26-25-11-5-7-16-29(25)36-30(24)26;1-2-3/h1-20H;3H,2H2,1H3. The zero-order valence-corrected chi connectivity index (χ0v) is 22.3. The van der Waals surface area contributed by atoms with Crippen molar-refractivity contribution < 1.29 is 4.42 Å². The molecule has 0 saturated carbocycles. The predicted octanol–water partition coefficient (Wildman–Crippen LogP) is 8.56. The lowest BCUT2D eigenvalue weighted by atomic mass is 10.0. The largest absolute Gasteiger partial charge is 0.455 e. The monoisotopic (exact) mass is 526 g/mol. The molecule has 0 aliphatic carbocycles. The lowest BCUT2D eigenvalue weighted by Gasteiger charge is -2.14. The zero-order chi connectivity index (χ0) is 26.8. The van der Waals surface area contributed by atoms with Crippen molar-refractivity contribution in [3.8, 4) is 28.2 Å². The van der Waals surface area contributed by atoms with E-state index in [-0.39, 0.29) is 5.56 Å². The summed E-state index contributed by atoms with van der Waals surface area (Å²) in [5, 5.41) is 2.79. The van der Waals surface area contributed by atoms with Crippen LogP contribution in [0.4, 0.5) is 0 Å². The van der Waals surface area contributed by atoms with Gasteiger partial charge in [0.1, 0.15) is 17.0 Å². The first-order valence-corrected chi connectivity index (χ1v) is 13.5. The molecule has 2 aromatic heterocycles. The molecular weight excluding hydrogens is 500 g/mol. The number of furan rings is 1. The fraction of sp³-hybridized carbons (Fsp3) is 0.0588. The number of nitrogens with zero attached hydrogens (tertiary/aromatic N) is 2. The van der Waals surface area contributed by atoms with E-state index in [1.165, 1.54) is 0 Å². The van der Waals surface area contributed by atoms with Crippen LogP contribution in [0, 0.1) is 0 Å². The van der Waals surface area contributed by atoms with Gasteiger partial charge in [0.15, 0.2) is 0 Å². The lowest BCUT2D eigenvalue weighted by molar-refractivity contribution is 0.670. The van der Waals surface area contributed by atoms with Gasteiger partial charge in [-0.1, -0.05) is 97.9 Å². The first-order valence-electron chi connectivity index (χ1n) is 12.9. The van der Waals surface area contributed by atoms with Gasteiger partial charge in [0.05, 0.1) is 16.6 Å². The van der Waals surface area contributed by atoms with E-state index >= 15 is 0 Å². The van der Waals surface area contributed by atoms with E-state index in [9.17, 15) is 4.79 Å². The van der Waals surface area contributed by atoms with E-state index in [4.69, 9.17) is 9.40 Å². The Balaban J connectivity index is 0.000000883. The molecule has 0 aliphatic heterocycles. The number of rotatable bonds is 3. The molecule has 5 aromatic carbocycles. The molecular formula is C34H26N2O2S. The second kappa shape index (κ2) is 10.6. The van der Waals surface area contributed by atoms with Gasteiger partial charge in [-0.3, -0.25) is 9.36 Å². The minimum absolute atomic E-state index is 0.0911. The molecule has 0 unspecified atom stereocenters. The topological polar surface area (TPSA) is 48.0 Å². The molecule has 190 valence electrons. The average Bonchev–Trinajstić information content (AvgIpc) is 3.37. The van der Waals surface area contributed by atoms with Crippen LogP contribution < -0.4 is 5.56 Å². The summed E-state index contributed by atoms with van der Waals surface area (Å²) in [5.74, 6) is 1.56. The van der Waals surface area contributed by atoms with Crippen LogP contribution in [-0.2, 0) is 0 Å². The Labute approximate surface area is 231 Å². The van der Waals surface area contributed by atoms with Crippen LogP contribution in [0.15, 0.2) is 131 Å². The summed E-state index contributed by atoms with van der Waals surface area (Å²) in [6.45, 7) is 1.99. The summed E-state index contributed by atoms with van der Waals surface area (Å²) >= 11 is 3.79. The number of benzene rings is 5. The number of aromatic nitrogens is 2. The molecule has 5 heteroatoms. The molecule has 39 heavy (non-hydrogen) atoms. The summed E-state index contributed by atoms with van der Waals surface area (Å²) in [5.41, 5.74) is 6.01. The molecule has 2 heterocycles. The molecule has 0 atom stereocenters. The summed E-state index contributed by atoms with van der Waals surface area (Å²) in [7, 11) is 0. The second-order valence-electron chi connectivity index (χ2n) is 9.10. The zero-order valence-electron chi connectivity index (χ0n) is 21.4. The fourth-order valence-electron chi connectivity index (χ4n) is 4.92. The van der Waals surface area contributed by atoms with E-state index in [1.54, 1.807) is 4.57 Å². The molecule has 0 bridgehead atoms. The van der Waals surface area contributed by atoms with Crippen molar-refractivity contribution in [2.75, 3.05) is 5.75 Å². The number of hydrogen-bond acceptors (Lipinski definition) is 4. The number of thiol groups is 1. The highest BCUT2D eigenvalue weighted by atomic mass is 32.1. The van der Waals surface area contributed by atoms with Crippen molar-refractivity contribution >= 4 is 45.5 Å². The minimum atomic E-state index is -0.0911. The summed E-state index contributed by atoms with van der Waals surface area (Å²) in [6, 6.07) is 39.6. The summed E-state index contributed by atoms with van der Waals surface area (Å²) in [6.07, 6.45) is 0. The Hall–Kier alpha value is -4.61. The van der Waals surface area contributed by atoms with Gasteiger partial charge in [-0.25, -0.2) is 4.98 Å². The average molecular weight is 527 g/mol. The molecule has 0 N–H and O–H groups in total. The normalized spacial score (nSPS) is 11.0. The molecule has 0 saturated heterocycles. The van der Waals surface area contributed by atoms with E-state index in [0.717, 1.165) is 50.1 Å². The lowest BCUT2D eigenvalue weighted by Crippen LogP contribution is -2.21. The van der Waals surface area contributed by atoms with Crippen molar-refractivity contribution in [3.05, 3.63) is 132 Å². The van der Waals surface area contributed by atoms with Gasteiger partial charge in [-0.05, 0) is 41.6 Å². The van der Waals surface area contributed by atoms with Gasteiger partial charge in [0.2, 0.25) is 0 Å². The SMILES string of the molecule is CCS.O=c1c2ccccc2nc(-c2ccccc2)n1-c1ccc(-c2cccc3c2oc2ccccc23)cc1. The van der Waals surface area contributed by atoms with Crippen molar-refractivity contribution in [1.82, 2.24) is 9.55 Å². The van der Waals surface area contributed by atoms with Crippen LogP contribution >= 0.6 is 12.6 Å². The first-order chi connectivity index (χ1) is 19.2. The van der Waals surface area contributed by atoms with Gasteiger partial charge < -0.3 is 4.42 Å². The van der Waals surface area contributed by atoms with E-state index in [1.807, 2.05) is 104 Å². The highest BCUT2D eigenvalue weighted by Gasteiger charge is 2.16. The van der Waals surface area contributed by atoms with Gasteiger partial charge in [0, 0.05) is 21.9 Å². The van der Waals surface area contributed by atoms with Crippen LogP contribution in [0.25, 0.3) is 61.0 Å². The second-order valence-corrected chi connectivity index (χ2v) is 9.74. The van der Waals surface area contributed by atoms with Crippen LogP contribution in [0.2, 0.25) is 0 Å².